The molecule has 20 heavy (non-hydrogen) atoms. The van der Waals surface area contributed by atoms with Gasteiger partial charge in [0.2, 0.25) is 0 Å². The van der Waals surface area contributed by atoms with Gasteiger partial charge in [-0.25, -0.2) is 0 Å². The molecule has 0 spiro atoms. The van der Waals surface area contributed by atoms with Crippen molar-refractivity contribution in [1.29, 1.82) is 0 Å². The van der Waals surface area contributed by atoms with Crippen LogP contribution in [-0.2, 0) is 13.0 Å². The third-order valence-corrected chi connectivity index (χ3v) is 3.18. The molecule has 0 saturated heterocycles. The zero-order chi connectivity index (χ0) is 14.5. The summed E-state index contributed by atoms with van der Waals surface area (Å²) in [5.41, 5.74) is 1.34. The summed E-state index contributed by atoms with van der Waals surface area (Å²) in [7, 11) is 3.95. The lowest BCUT2D eigenvalue weighted by Crippen LogP contribution is -2.22. The van der Waals surface area contributed by atoms with Gasteiger partial charge in [0, 0.05) is 25.4 Å². The Kier molecular flexibility index (Phi) is 4.87. The number of Topliss-reactive ketones (excluding diaryl/α,β-unsaturated/α-hetero) is 1. The minimum atomic E-state index is -0.0424. The van der Waals surface area contributed by atoms with Crippen LogP contribution >= 0.6 is 11.6 Å². The third kappa shape index (κ3) is 3.65. The highest BCUT2D eigenvalue weighted by Gasteiger charge is 2.17. The predicted molar refractivity (Wildman–Crippen MR) is 78.1 cm³/mol. The van der Waals surface area contributed by atoms with Gasteiger partial charge >= 0.3 is 0 Å². The Morgan fingerprint density at radius 2 is 2.20 bits per heavy atom. The molecule has 2 aromatic rings. The van der Waals surface area contributed by atoms with Crippen molar-refractivity contribution < 1.29 is 4.79 Å². The molecule has 0 radical (unpaired) electrons. The zero-order valence-corrected chi connectivity index (χ0v) is 12.3. The fraction of sp³-hybridized carbons (Fsp3) is 0.357. The molecular formula is C14H17ClN4O. The van der Waals surface area contributed by atoms with Crippen LogP contribution in [0.1, 0.15) is 16.1 Å². The van der Waals surface area contributed by atoms with Crippen molar-refractivity contribution in [2.24, 2.45) is 0 Å². The van der Waals surface area contributed by atoms with Crippen molar-refractivity contribution >= 4 is 17.4 Å². The number of rotatable bonds is 6. The van der Waals surface area contributed by atoms with Crippen LogP contribution in [0.5, 0.6) is 0 Å². The van der Waals surface area contributed by atoms with Crippen LogP contribution in [0, 0.1) is 0 Å². The van der Waals surface area contributed by atoms with Crippen LogP contribution < -0.4 is 0 Å². The van der Waals surface area contributed by atoms with E-state index in [1.807, 2.05) is 31.1 Å². The molecule has 0 atom stereocenters. The van der Waals surface area contributed by atoms with Crippen molar-refractivity contribution in [3.63, 3.8) is 0 Å². The number of carbonyl (C=O) groups excluding carboxylic acids is 1. The minimum absolute atomic E-state index is 0.0424. The van der Waals surface area contributed by atoms with E-state index in [9.17, 15) is 4.79 Å². The summed E-state index contributed by atoms with van der Waals surface area (Å²) in [4.78, 5) is 18.4. The largest absolute Gasteiger partial charge is 0.308 e. The first-order chi connectivity index (χ1) is 9.58. The van der Waals surface area contributed by atoms with Gasteiger partial charge in [-0.15, -0.1) is 0 Å². The molecule has 106 valence electrons. The molecule has 0 aliphatic rings. The number of aromatic nitrogens is 3. The van der Waals surface area contributed by atoms with Crippen molar-refractivity contribution in [3.8, 4) is 0 Å². The first-order valence-electron chi connectivity index (χ1n) is 6.36. The second-order valence-corrected chi connectivity index (χ2v) is 5.24. The van der Waals surface area contributed by atoms with Gasteiger partial charge in [-0.05, 0) is 25.7 Å². The number of halogens is 1. The normalized spacial score (nSPS) is 11.0. The SMILES string of the molecule is CN(C)CCn1ncc(Cl)c1C(=O)Cc1cccnc1. The second-order valence-electron chi connectivity index (χ2n) is 4.83. The Bertz CT molecular complexity index is 580. The Morgan fingerprint density at radius 1 is 1.40 bits per heavy atom. The average molecular weight is 293 g/mol. The number of likely N-dealkylation sites (N-methyl/N-ethyl adjacent to an activating group) is 1. The third-order valence-electron chi connectivity index (χ3n) is 2.91. The summed E-state index contributed by atoms with van der Waals surface area (Å²) in [5.74, 6) is -0.0424. The van der Waals surface area contributed by atoms with E-state index >= 15 is 0 Å². The first-order valence-corrected chi connectivity index (χ1v) is 6.74. The molecule has 2 heterocycles. The molecule has 0 saturated carbocycles. The van der Waals surface area contributed by atoms with Gasteiger partial charge in [0.25, 0.3) is 0 Å². The van der Waals surface area contributed by atoms with E-state index in [4.69, 9.17) is 11.6 Å². The number of nitrogens with zero attached hydrogens (tertiary/aromatic N) is 4. The van der Waals surface area contributed by atoms with Crippen molar-refractivity contribution in [2.75, 3.05) is 20.6 Å². The van der Waals surface area contributed by atoms with E-state index in [0.29, 0.717) is 17.3 Å². The Balaban J connectivity index is 2.15. The molecule has 2 aromatic heterocycles. The lowest BCUT2D eigenvalue weighted by molar-refractivity contribution is 0.0982. The van der Waals surface area contributed by atoms with E-state index in [0.717, 1.165) is 12.1 Å². The van der Waals surface area contributed by atoms with Gasteiger partial charge < -0.3 is 4.90 Å². The van der Waals surface area contributed by atoms with Gasteiger partial charge in [0.05, 0.1) is 17.8 Å². The van der Waals surface area contributed by atoms with Crippen LogP contribution in [0.3, 0.4) is 0 Å². The molecule has 0 amide bonds. The molecule has 0 N–H and O–H groups in total. The van der Waals surface area contributed by atoms with Crippen molar-refractivity contribution in [2.45, 2.75) is 13.0 Å². The summed E-state index contributed by atoms with van der Waals surface area (Å²) in [5, 5.41) is 4.57. The van der Waals surface area contributed by atoms with Gasteiger partial charge in [-0.3, -0.25) is 14.5 Å². The fourth-order valence-corrected chi connectivity index (χ4v) is 2.12. The van der Waals surface area contributed by atoms with Crippen LogP contribution in [0.15, 0.2) is 30.7 Å². The molecule has 0 aliphatic carbocycles. The van der Waals surface area contributed by atoms with Gasteiger partial charge in [0.1, 0.15) is 5.69 Å². The Morgan fingerprint density at radius 3 is 2.85 bits per heavy atom. The number of ketones is 1. The van der Waals surface area contributed by atoms with Crippen LogP contribution in [-0.4, -0.2) is 46.1 Å². The van der Waals surface area contributed by atoms with E-state index in [1.54, 1.807) is 17.1 Å². The molecule has 6 heteroatoms. The summed E-state index contributed by atoms with van der Waals surface area (Å²) >= 11 is 6.09. The first kappa shape index (κ1) is 14.7. The monoisotopic (exact) mass is 292 g/mol. The summed E-state index contributed by atoms with van der Waals surface area (Å²) in [6.07, 6.45) is 5.17. The van der Waals surface area contributed by atoms with E-state index < -0.39 is 0 Å². The summed E-state index contributed by atoms with van der Waals surface area (Å²) in [6, 6.07) is 3.69. The fourth-order valence-electron chi connectivity index (χ4n) is 1.88. The van der Waals surface area contributed by atoms with Crippen molar-refractivity contribution in [3.05, 3.63) is 47.0 Å². The van der Waals surface area contributed by atoms with E-state index in [-0.39, 0.29) is 12.2 Å². The number of pyridine rings is 1. The van der Waals surface area contributed by atoms with Crippen LogP contribution in [0.4, 0.5) is 0 Å². The number of carbonyl (C=O) groups is 1. The smallest absolute Gasteiger partial charge is 0.186 e. The standard InChI is InChI=1S/C14H17ClN4O/c1-18(2)6-7-19-14(12(15)10-17-19)13(20)8-11-4-3-5-16-9-11/h3-5,9-10H,6-8H2,1-2H3. The molecule has 0 bridgehead atoms. The maximum Gasteiger partial charge on any atom is 0.186 e. The highest BCUT2D eigenvalue weighted by molar-refractivity contribution is 6.33. The van der Waals surface area contributed by atoms with E-state index in [1.165, 1.54) is 6.20 Å². The lowest BCUT2D eigenvalue weighted by atomic mass is 10.1. The van der Waals surface area contributed by atoms with Crippen LogP contribution in [0.25, 0.3) is 0 Å². The molecule has 0 unspecified atom stereocenters. The highest BCUT2D eigenvalue weighted by atomic mass is 35.5. The van der Waals surface area contributed by atoms with Gasteiger partial charge in [0.15, 0.2) is 5.78 Å². The minimum Gasteiger partial charge on any atom is -0.308 e. The topological polar surface area (TPSA) is 51.0 Å². The van der Waals surface area contributed by atoms with E-state index in [2.05, 4.69) is 10.1 Å². The second kappa shape index (κ2) is 6.63. The van der Waals surface area contributed by atoms with Gasteiger partial charge in [-0.2, -0.15) is 5.10 Å². The highest BCUT2D eigenvalue weighted by Crippen LogP contribution is 2.17. The predicted octanol–water partition coefficient (Wildman–Crippen LogP) is 1.92. The quantitative estimate of drug-likeness (QED) is 0.763. The molecule has 0 aromatic carbocycles. The Hall–Kier alpha value is -1.72. The number of hydrogen-bond donors (Lipinski definition) is 0. The molecule has 2 rings (SSSR count). The summed E-state index contributed by atoms with van der Waals surface area (Å²) in [6.45, 7) is 1.43. The van der Waals surface area contributed by atoms with Crippen molar-refractivity contribution in [1.82, 2.24) is 19.7 Å². The molecule has 0 aliphatic heterocycles. The van der Waals surface area contributed by atoms with Crippen LogP contribution in [0.2, 0.25) is 5.02 Å². The zero-order valence-electron chi connectivity index (χ0n) is 11.6. The maximum atomic E-state index is 12.4. The number of hydrogen-bond acceptors (Lipinski definition) is 4. The lowest BCUT2D eigenvalue weighted by Gasteiger charge is -2.11. The maximum absolute atomic E-state index is 12.4. The van der Waals surface area contributed by atoms with Gasteiger partial charge in [-0.1, -0.05) is 17.7 Å². The average Bonchev–Trinajstić information content (AvgIpc) is 2.78. The summed E-state index contributed by atoms with van der Waals surface area (Å²) < 4.78 is 1.67. The Labute approximate surface area is 123 Å². The molecule has 0 fully saturated rings. The molecular weight excluding hydrogens is 276 g/mol. The molecule has 5 nitrogen and oxygen atoms in total.